The number of hydrogen-bond acceptors (Lipinski definition) is 6. The van der Waals surface area contributed by atoms with Crippen LogP contribution in [0, 0.1) is 0 Å². The molecule has 2 fully saturated rings. The van der Waals surface area contributed by atoms with Crippen LogP contribution in [0.25, 0.3) is 0 Å². The molecule has 0 saturated carbocycles. The molecule has 0 amide bonds. The van der Waals surface area contributed by atoms with Crippen molar-refractivity contribution in [3.05, 3.63) is 24.7 Å². The van der Waals surface area contributed by atoms with Gasteiger partial charge in [-0.3, -0.25) is 4.68 Å². The standard InChI is InChI=1S/C16H23N7/c1-2-7-23-11-14(8-18-23)20-16-17-6-5-15(21-16)22-9-12-3-4-13(10-22)19-12/h5-6,8,11-13,19H,2-4,7,9-10H2,1H3,(H,17,20,21)/t12-,13+. The van der Waals surface area contributed by atoms with Crippen molar-refractivity contribution in [1.82, 2.24) is 25.1 Å². The molecule has 2 aliphatic heterocycles. The number of hydrogen-bond donors (Lipinski definition) is 2. The predicted octanol–water partition coefficient (Wildman–Crippen LogP) is 1.77. The van der Waals surface area contributed by atoms with Gasteiger partial charge in [0.1, 0.15) is 5.82 Å². The maximum atomic E-state index is 4.68. The number of nitrogens with one attached hydrogen (secondary N) is 2. The second kappa shape index (κ2) is 6.16. The van der Waals surface area contributed by atoms with Crippen molar-refractivity contribution in [3.8, 4) is 0 Å². The molecule has 7 heteroatoms. The van der Waals surface area contributed by atoms with E-state index in [-0.39, 0.29) is 0 Å². The summed E-state index contributed by atoms with van der Waals surface area (Å²) in [5, 5.41) is 11.2. The van der Waals surface area contributed by atoms with E-state index in [2.05, 4.69) is 37.5 Å². The monoisotopic (exact) mass is 313 g/mol. The normalized spacial score (nSPS) is 23.3. The van der Waals surface area contributed by atoms with Crippen molar-refractivity contribution in [3.63, 3.8) is 0 Å². The zero-order valence-corrected chi connectivity index (χ0v) is 13.4. The molecular formula is C16H23N7. The minimum Gasteiger partial charge on any atom is -0.353 e. The van der Waals surface area contributed by atoms with E-state index in [0.717, 1.165) is 37.6 Å². The summed E-state index contributed by atoms with van der Waals surface area (Å²) < 4.78 is 1.93. The van der Waals surface area contributed by atoms with Gasteiger partial charge in [-0.15, -0.1) is 0 Å². The SMILES string of the molecule is CCCn1cc(Nc2nccc(N3C[C@H]4CC[C@@H](C3)N4)n2)cn1. The van der Waals surface area contributed by atoms with Gasteiger partial charge in [0, 0.05) is 44.1 Å². The van der Waals surface area contributed by atoms with Gasteiger partial charge in [0.05, 0.1) is 11.9 Å². The van der Waals surface area contributed by atoms with Gasteiger partial charge in [-0.25, -0.2) is 4.98 Å². The Bertz CT molecular complexity index is 656. The zero-order valence-electron chi connectivity index (χ0n) is 13.4. The Labute approximate surface area is 136 Å². The molecule has 2 aromatic heterocycles. The van der Waals surface area contributed by atoms with Crippen LogP contribution in [-0.2, 0) is 6.54 Å². The molecule has 0 spiro atoms. The van der Waals surface area contributed by atoms with E-state index in [0.29, 0.717) is 18.0 Å². The summed E-state index contributed by atoms with van der Waals surface area (Å²) >= 11 is 0. The van der Waals surface area contributed by atoms with Crippen LogP contribution in [0.3, 0.4) is 0 Å². The van der Waals surface area contributed by atoms with E-state index >= 15 is 0 Å². The number of aryl methyl sites for hydroxylation is 1. The molecule has 0 radical (unpaired) electrons. The smallest absolute Gasteiger partial charge is 0.229 e. The Kier molecular flexibility index (Phi) is 3.87. The lowest BCUT2D eigenvalue weighted by Crippen LogP contribution is -2.51. The Balaban J connectivity index is 1.47. The van der Waals surface area contributed by atoms with Crippen LogP contribution in [0.5, 0.6) is 0 Å². The van der Waals surface area contributed by atoms with Crippen LogP contribution in [0.2, 0.25) is 0 Å². The van der Waals surface area contributed by atoms with E-state index < -0.39 is 0 Å². The average Bonchev–Trinajstić information content (AvgIpc) is 3.14. The average molecular weight is 313 g/mol. The molecule has 0 unspecified atom stereocenters. The Morgan fingerprint density at radius 3 is 2.91 bits per heavy atom. The summed E-state index contributed by atoms with van der Waals surface area (Å²) in [6.07, 6.45) is 9.24. The number of anilines is 3. The summed E-state index contributed by atoms with van der Waals surface area (Å²) in [6, 6.07) is 3.20. The molecule has 2 aliphatic rings. The van der Waals surface area contributed by atoms with Crippen molar-refractivity contribution < 1.29 is 0 Å². The lowest BCUT2D eigenvalue weighted by molar-refractivity contribution is 0.463. The lowest BCUT2D eigenvalue weighted by Gasteiger charge is -2.33. The molecule has 2 atom stereocenters. The first-order chi connectivity index (χ1) is 11.3. The Morgan fingerprint density at radius 1 is 1.30 bits per heavy atom. The first-order valence-corrected chi connectivity index (χ1v) is 8.43. The van der Waals surface area contributed by atoms with Crippen molar-refractivity contribution in [2.75, 3.05) is 23.3 Å². The van der Waals surface area contributed by atoms with Crippen molar-refractivity contribution in [2.24, 2.45) is 0 Å². The zero-order chi connectivity index (χ0) is 15.6. The summed E-state index contributed by atoms with van der Waals surface area (Å²) in [5.41, 5.74) is 0.927. The molecule has 4 heterocycles. The van der Waals surface area contributed by atoms with Crippen LogP contribution >= 0.6 is 0 Å². The largest absolute Gasteiger partial charge is 0.353 e. The minimum atomic E-state index is 0.604. The predicted molar refractivity (Wildman–Crippen MR) is 90.0 cm³/mol. The number of aromatic nitrogens is 4. The highest BCUT2D eigenvalue weighted by molar-refractivity contribution is 5.53. The van der Waals surface area contributed by atoms with Crippen molar-refractivity contribution in [2.45, 2.75) is 44.8 Å². The van der Waals surface area contributed by atoms with E-state index in [1.807, 2.05) is 29.3 Å². The van der Waals surface area contributed by atoms with Gasteiger partial charge < -0.3 is 15.5 Å². The number of fused-ring (bicyclic) bond motifs is 2. The lowest BCUT2D eigenvalue weighted by atomic mass is 10.2. The maximum Gasteiger partial charge on any atom is 0.229 e. The summed E-state index contributed by atoms with van der Waals surface area (Å²) in [7, 11) is 0. The van der Waals surface area contributed by atoms with Gasteiger partial charge in [-0.1, -0.05) is 6.92 Å². The molecule has 0 aliphatic carbocycles. The first-order valence-electron chi connectivity index (χ1n) is 8.43. The first kappa shape index (κ1) is 14.4. The van der Waals surface area contributed by atoms with Gasteiger partial charge in [0.2, 0.25) is 5.95 Å². The second-order valence-electron chi connectivity index (χ2n) is 6.40. The molecule has 2 aromatic rings. The second-order valence-corrected chi connectivity index (χ2v) is 6.40. The molecule has 2 saturated heterocycles. The van der Waals surface area contributed by atoms with Crippen LogP contribution in [0.4, 0.5) is 17.5 Å². The third-order valence-corrected chi connectivity index (χ3v) is 4.52. The molecule has 23 heavy (non-hydrogen) atoms. The molecule has 4 rings (SSSR count). The summed E-state index contributed by atoms with van der Waals surface area (Å²) in [4.78, 5) is 11.4. The minimum absolute atomic E-state index is 0.604. The fourth-order valence-electron chi connectivity index (χ4n) is 3.48. The fraction of sp³-hybridized carbons (Fsp3) is 0.562. The number of rotatable bonds is 5. The fourth-order valence-corrected chi connectivity index (χ4v) is 3.48. The van der Waals surface area contributed by atoms with Gasteiger partial charge in [-0.05, 0) is 25.3 Å². The molecule has 2 bridgehead atoms. The molecule has 122 valence electrons. The summed E-state index contributed by atoms with van der Waals surface area (Å²) in [6.45, 7) is 5.12. The van der Waals surface area contributed by atoms with E-state index in [1.54, 1.807) is 0 Å². The number of nitrogens with zero attached hydrogens (tertiary/aromatic N) is 5. The highest BCUT2D eigenvalue weighted by Gasteiger charge is 2.32. The third-order valence-electron chi connectivity index (χ3n) is 4.52. The van der Waals surface area contributed by atoms with Crippen LogP contribution in [0.15, 0.2) is 24.7 Å². The maximum absolute atomic E-state index is 4.68. The van der Waals surface area contributed by atoms with E-state index in [1.165, 1.54) is 12.8 Å². The topological polar surface area (TPSA) is 70.9 Å². The van der Waals surface area contributed by atoms with Gasteiger partial charge >= 0.3 is 0 Å². The molecule has 0 aromatic carbocycles. The van der Waals surface area contributed by atoms with Crippen LogP contribution in [0.1, 0.15) is 26.2 Å². The van der Waals surface area contributed by atoms with Crippen LogP contribution < -0.4 is 15.5 Å². The van der Waals surface area contributed by atoms with Crippen LogP contribution in [-0.4, -0.2) is 44.9 Å². The highest BCUT2D eigenvalue weighted by atomic mass is 15.3. The van der Waals surface area contributed by atoms with E-state index in [9.17, 15) is 0 Å². The quantitative estimate of drug-likeness (QED) is 0.876. The Morgan fingerprint density at radius 2 is 2.13 bits per heavy atom. The third kappa shape index (κ3) is 3.14. The Hall–Kier alpha value is -2.15. The van der Waals surface area contributed by atoms with Gasteiger partial charge in [0.25, 0.3) is 0 Å². The summed E-state index contributed by atoms with van der Waals surface area (Å²) in [5.74, 6) is 1.63. The molecule has 2 N–H and O–H groups in total. The molecular weight excluding hydrogens is 290 g/mol. The van der Waals surface area contributed by atoms with Crippen molar-refractivity contribution >= 4 is 17.5 Å². The van der Waals surface area contributed by atoms with Gasteiger partial charge in [-0.2, -0.15) is 10.1 Å². The molecule has 7 nitrogen and oxygen atoms in total. The van der Waals surface area contributed by atoms with E-state index in [4.69, 9.17) is 0 Å². The highest BCUT2D eigenvalue weighted by Crippen LogP contribution is 2.24. The van der Waals surface area contributed by atoms with Crippen molar-refractivity contribution in [1.29, 1.82) is 0 Å². The van der Waals surface area contributed by atoms with Gasteiger partial charge in [0.15, 0.2) is 0 Å². The number of piperazine rings is 1.